The van der Waals surface area contributed by atoms with Crippen LogP contribution in [0.15, 0.2) is 10.5 Å². The Labute approximate surface area is 262 Å². The van der Waals surface area contributed by atoms with Gasteiger partial charge in [-0.2, -0.15) is 11.8 Å². The van der Waals surface area contributed by atoms with Crippen molar-refractivity contribution >= 4 is 71.9 Å². The second-order valence-corrected chi connectivity index (χ2v) is 12.0. The van der Waals surface area contributed by atoms with Crippen molar-refractivity contribution in [1.82, 2.24) is 21.1 Å². The number of hydrogen-bond acceptors (Lipinski definition) is 15. The Bertz CT molecular complexity index is 1180. The van der Waals surface area contributed by atoms with Crippen molar-refractivity contribution in [2.24, 2.45) is 5.16 Å². The molecule has 3 heterocycles. The van der Waals surface area contributed by atoms with Crippen LogP contribution in [-0.4, -0.2) is 113 Å². The van der Waals surface area contributed by atoms with Crippen molar-refractivity contribution in [1.29, 1.82) is 0 Å². The van der Waals surface area contributed by atoms with Crippen molar-refractivity contribution in [3.63, 3.8) is 0 Å². The normalized spacial score (nSPS) is 23.1. The van der Waals surface area contributed by atoms with Gasteiger partial charge in [0.2, 0.25) is 5.91 Å². The van der Waals surface area contributed by atoms with Crippen LogP contribution < -0.4 is 21.8 Å². The summed E-state index contributed by atoms with van der Waals surface area (Å²) >= 11 is 2.60. The summed E-state index contributed by atoms with van der Waals surface area (Å²) in [5.41, 5.74) is 8.45. The van der Waals surface area contributed by atoms with E-state index in [2.05, 4.69) is 26.3 Å². The van der Waals surface area contributed by atoms with E-state index in [4.69, 9.17) is 29.7 Å². The van der Waals surface area contributed by atoms with Crippen LogP contribution in [0.2, 0.25) is 0 Å². The zero-order valence-electron chi connectivity index (χ0n) is 24.2. The Morgan fingerprint density at radius 3 is 2.36 bits per heavy atom. The monoisotopic (exact) mass is 658 g/mol. The van der Waals surface area contributed by atoms with Crippen LogP contribution in [0.4, 0.5) is 5.13 Å². The lowest BCUT2D eigenvalue weighted by Crippen LogP contribution is -2.60. The molecule has 0 aromatic carbocycles. The average molecular weight is 658 g/mol. The summed E-state index contributed by atoms with van der Waals surface area (Å²) in [4.78, 5) is 57.6. The molecule has 1 aromatic rings. The molecule has 0 bridgehead atoms. The molecule has 5 atom stereocenters. The molecule has 2 saturated heterocycles. The highest BCUT2D eigenvalue weighted by atomic mass is 32.2. The predicted molar refractivity (Wildman–Crippen MR) is 161 cm³/mol. The van der Waals surface area contributed by atoms with Crippen LogP contribution in [0.1, 0.15) is 50.6 Å². The van der Waals surface area contributed by atoms with Gasteiger partial charge in [-0.15, -0.1) is 11.3 Å². The summed E-state index contributed by atoms with van der Waals surface area (Å²) in [6.07, 6.45) is 1.43. The fraction of sp³-hybridized carbons (Fsp3) is 0.652. The third-order valence-electron chi connectivity index (χ3n) is 6.80. The fourth-order valence-electron chi connectivity index (χ4n) is 4.65. The van der Waals surface area contributed by atoms with Crippen LogP contribution in [-0.2, 0) is 38.1 Å². The number of amides is 2. The van der Waals surface area contributed by atoms with Gasteiger partial charge in [0.15, 0.2) is 10.8 Å². The number of carboxylic acid groups (broad SMARTS) is 2. The Hall–Kier alpha value is -2.94. The fourth-order valence-corrected chi connectivity index (χ4v) is 5.67. The number of hydrogen-bond donors (Lipinski definition) is 7. The second kappa shape index (κ2) is 17.5. The van der Waals surface area contributed by atoms with Crippen LogP contribution in [0.3, 0.4) is 0 Å². The van der Waals surface area contributed by atoms with E-state index in [-0.39, 0.29) is 35.8 Å². The zero-order chi connectivity index (χ0) is 32.2. The number of nitrogens with zero attached hydrogens (tertiary/aromatic N) is 2. The highest BCUT2D eigenvalue weighted by Gasteiger charge is 2.42. The van der Waals surface area contributed by atoms with E-state index >= 15 is 0 Å². The summed E-state index contributed by atoms with van der Waals surface area (Å²) in [5.74, 6) is -4.32. The highest BCUT2D eigenvalue weighted by Crippen LogP contribution is 2.22. The SMILES string of the molecule is CO/N=C(\C(=O)N[C@H]1CC[C@@H](CC(=O)O)OB1ONC(CCSC)C(=O)N[C@H]1CC[C@@H](CC(=O)O)OB1O)c1csc(N)n1. The number of aromatic nitrogens is 1. The minimum atomic E-state index is -1.40. The van der Waals surface area contributed by atoms with Gasteiger partial charge < -0.3 is 50.5 Å². The molecule has 0 saturated carbocycles. The van der Waals surface area contributed by atoms with E-state index in [1.54, 1.807) is 0 Å². The number of rotatable bonds is 16. The maximum Gasteiger partial charge on any atom is 0.498 e. The third-order valence-corrected chi connectivity index (χ3v) is 8.11. The molecule has 2 aliphatic heterocycles. The molecule has 8 N–H and O–H groups in total. The minimum Gasteiger partial charge on any atom is -0.481 e. The molecule has 2 aliphatic rings. The van der Waals surface area contributed by atoms with Crippen molar-refractivity contribution in [2.75, 3.05) is 24.9 Å². The van der Waals surface area contributed by atoms with Crippen molar-refractivity contribution in [3.8, 4) is 0 Å². The molecule has 2 amide bonds. The molecule has 1 aromatic heterocycles. The lowest BCUT2D eigenvalue weighted by Gasteiger charge is -2.34. The largest absolute Gasteiger partial charge is 0.498 e. The van der Waals surface area contributed by atoms with Crippen LogP contribution in [0.25, 0.3) is 0 Å². The number of thiazole rings is 1. The molecule has 17 nitrogen and oxygen atoms in total. The van der Waals surface area contributed by atoms with Gasteiger partial charge in [-0.25, -0.2) is 10.5 Å². The quantitative estimate of drug-likeness (QED) is 0.0642. The molecule has 0 spiro atoms. The standard InChI is InChI=1S/C23H36B2N6O11S2/c1-39-31-20(15-11-44-23(26)27-15)22(37)29-17-6-4-13(10-19(34)35)41-25(17)42-30-14(7-8-43-2)21(36)28-16-5-3-12(9-18(32)33)40-24(16)38/h11-14,16-17,30,38H,3-10H2,1-2H3,(H2,26,27)(H,28,36)(H,29,37)(H,32,33)(H,34,35)/b31-20-/t12-,13-,14?,16-,17-/m0/s1. The Balaban J connectivity index is 1.69. The van der Waals surface area contributed by atoms with E-state index in [0.717, 1.165) is 11.3 Å². The van der Waals surface area contributed by atoms with Crippen LogP contribution >= 0.6 is 23.1 Å². The first kappa shape index (κ1) is 35.5. The number of carbonyl (C=O) groups is 4. The van der Waals surface area contributed by atoms with Gasteiger partial charge >= 0.3 is 26.2 Å². The number of hydroxylamine groups is 1. The van der Waals surface area contributed by atoms with Gasteiger partial charge in [0.1, 0.15) is 18.8 Å². The molecule has 2 fully saturated rings. The van der Waals surface area contributed by atoms with Gasteiger partial charge in [-0.05, 0) is 44.1 Å². The molecular weight excluding hydrogens is 622 g/mol. The Kier molecular flexibility index (Phi) is 14.2. The summed E-state index contributed by atoms with van der Waals surface area (Å²) in [5, 5.41) is 39.6. The maximum atomic E-state index is 13.2. The zero-order valence-corrected chi connectivity index (χ0v) is 25.8. The van der Waals surface area contributed by atoms with Crippen LogP contribution in [0, 0.1) is 0 Å². The highest BCUT2D eigenvalue weighted by molar-refractivity contribution is 7.98. The van der Waals surface area contributed by atoms with Crippen molar-refractivity contribution in [2.45, 2.75) is 75.1 Å². The first-order valence-corrected chi connectivity index (χ1v) is 16.0. The lowest BCUT2D eigenvalue weighted by molar-refractivity contribution is -0.140. The molecule has 242 valence electrons. The number of nitrogens with one attached hydrogen (secondary N) is 3. The van der Waals surface area contributed by atoms with E-state index in [0.29, 0.717) is 31.4 Å². The molecule has 44 heavy (non-hydrogen) atoms. The number of aliphatic carboxylic acids is 2. The third kappa shape index (κ3) is 10.9. The van der Waals surface area contributed by atoms with Crippen molar-refractivity contribution in [3.05, 3.63) is 11.1 Å². The van der Waals surface area contributed by atoms with Crippen LogP contribution in [0.5, 0.6) is 0 Å². The lowest BCUT2D eigenvalue weighted by atomic mass is 9.71. The van der Waals surface area contributed by atoms with E-state index in [1.807, 2.05) is 6.26 Å². The summed E-state index contributed by atoms with van der Waals surface area (Å²) in [6, 6.07) is -0.935. The number of nitrogens with two attached hydrogens (primary N) is 1. The summed E-state index contributed by atoms with van der Waals surface area (Å²) < 4.78 is 17.0. The van der Waals surface area contributed by atoms with Gasteiger partial charge in [0.25, 0.3) is 5.91 Å². The van der Waals surface area contributed by atoms with Gasteiger partial charge in [0, 0.05) is 5.38 Å². The van der Waals surface area contributed by atoms with Gasteiger partial charge in [-0.1, -0.05) is 5.16 Å². The Morgan fingerprint density at radius 1 is 1.14 bits per heavy atom. The molecule has 1 unspecified atom stereocenters. The number of carbonyl (C=O) groups excluding carboxylic acids is 2. The molecule has 21 heteroatoms. The predicted octanol–water partition coefficient (Wildman–Crippen LogP) is -0.957. The van der Waals surface area contributed by atoms with Gasteiger partial charge in [-0.3, -0.25) is 19.2 Å². The summed E-state index contributed by atoms with van der Waals surface area (Å²) in [6.45, 7) is 0. The number of oxime groups is 1. The number of nitrogen functional groups attached to an aromatic ring is 1. The summed E-state index contributed by atoms with van der Waals surface area (Å²) in [7, 11) is -1.33. The van der Waals surface area contributed by atoms with E-state index < -0.39 is 68.1 Å². The van der Waals surface area contributed by atoms with Crippen molar-refractivity contribution < 1.29 is 53.3 Å². The maximum absolute atomic E-state index is 13.2. The molecule has 3 rings (SSSR count). The second-order valence-electron chi connectivity index (χ2n) is 10.1. The molecule has 0 aliphatic carbocycles. The first-order chi connectivity index (χ1) is 21.0. The number of anilines is 1. The van der Waals surface area contributed by atoms with Gasteiger partial charge in [0.05, 0.1) is 36.9 Å². The van der Waals surface area contributed by atoms with E-state index in [9.17, 15) is 29.3 Å². The minimum absolute atomic E-state index is 0.143. The number of thioether (sulfide) groups is 1. The Morgan fingerprint density at radius 2 is 1.80 bits per heavy atom. The first-order valence-electron chi connectivity index (χ1n) is 13.8. The molecule has 0 radical (unpaired) electrons. The smallest absolute Gasteiger partial charge is 0.481 e. The average Bonchev–Trinajstić information content (AvgIpc) is 3.39. The molecular formula is C23H36B2N6O11S2. The topological polar surface area (TPSA) is 253 Å². The number of carboxylic acids is 2. The van der Waals surface area contributed by atoms with E-state index in [1.165, 1.54) is 24.3 Å².